The minimum Gasteiger partial charge on any atom is -0.376 e. The molecule has 0 spiro atoms. The van der Waals surface area contributed by atoms with Crippen LogP contribution in [0.2, 0.25) is 0 Å². The first kappa shape index (κ1) is 14.3. The van der Waals surface area contributed by atoms with Gasteiger partial charge in [-0.2, -0.15) is 0 Å². The van der Waals surface area contributed by atoms with Crippen LogP contribution < -0.4 is 5.32 Å². The summed E-state index contributed by atoms with van der Waals surface area (Å²) in [5, 5.41) is 3.40. The van der Waals surface area contributed by atoms with Crippen molar-refractivity contribution in [2.45, 2.75) is 25.4 Å². The van der Waals surface area contributed by atoms with Gasteiger partial charge in [0.05, 0.1) is 12.7 Å². The van der Waals surface area contributed by atoms with Gasteiger partial charge in [-0.1, -0.05) is 0 Å². The van der Waals surface area contributed by atoms with E-state index in [0.29, 0.717) is 6.10 Å². The summed E-state index contributed by atoms with van der Waals surface area (Å²) in [6, 6.07) is 0. The molecule has 0 aromatic heterocycles. The summed E-state index contributed by atoms with van der Waals surface area (Å²) in [7, 11) is 4.50. The van der Waals surface area contributed by atoms with E-state index >= 15 is 0 Å². The molecule has 1 N–H and O–H groups in total. The van der Waals surface area contributed by atoms with Crippen LogP contribution in [0.25, 0.3) is 0 Å². The minimum atomic E-state index is 0.426. The highest BCUT2D eigenvalue weighted by Gasteiger charge is 2.19. The Kier molecular flexibility index (Phi) is 5.89. The van der Waals surface area contributed by atoms with Gasteiger partial charge in [0.25, 0.3) is 0 Å². The van der Waals surface area contributed by atoms with Crippen LogP contribution in [0.15, 0.2) is 0 Å². The monoisotopic (exact) mass is 255 g/mol. The van der Waals surface area contributed by atoms with E-state index < -0.39 is 0 Å². The van der Waals surface area contributed by atoms with Gasteiger partial charge in [0.2, 0.25) is 0 Å². The fourth-order valence-electron chi connectivity index (χ4n) is 3.12. The van der Waals surface area contributed by atoms with Gasteiger partial charge >= 0.3 is 0 Å². The molecule has 106 valence electrons. The molecular weight excluding hydrogens is 226 g/mol. The molecule has 2 aliphatic rings. The molecular formula is C14H29N3O. The number of ether oxygens (including phenoxy) is 1. The standard InChI is InChI=1S/C14H29N3O/c1-16-7-3-4-13(11-16)12-17(2)8-5-14-10-15-6-9-18-14/h13-15H,3-12H2,1-2H3. The zero-order chi connectivity index (χ0) is 12.8. The maximum atomic E-state index is 5.74. The van der Waals surface area contributed by atoms with E-state index in [1.807, 2.05) is 0 Å². The molecule has 2 heterocycles. The molecule has 0 aromatic rings. The Hall–Kier alpha value is -0.160. The molecule has 2 unspecified atom stereocenters. The predicted molar refractivity (Wildman–Crippen MR) is 74.9 cm³/mol. The van der Waals surface area contributed by atoms with E-state index in [9.17, 15) is 0 Å². The molecule has 2 saturated heterocycles. The molecule has 0 bridgehead atoms. The van der Waals surface area contributed by atoms with Crippen LogP contribution in [0.4, 0.5) is 0 Å². The zero-order valence-corrected chi connectivity index (χ0v) is 12.0. The number of likely N-dealkylation sites (tertiary alicyclic amines) is 1. The Labute approximate surface area is 112 Å². The fourth-order valence-corrected chi connectivity index (χ4v) is 3.12. The molecule has 0 saturated carbocycles. The van der Waals surface area contributed by atoms with Crippen molar-refractivity contribution in [3.05, 3.63) is 0 Å². The first-order valence-electron chi connectivity index (χ1n) is 7.43. The van der Waals surface area contributed by atoms with Gasteiger partial charge in [-0.15, -0.1) is 0 Å². The summed E-state index contributed by atoms with van der Waals surface area (Å²) < 4.78 is 5.74. The second-order valence-corrected chi connectivity index (χ2v) is 6.02. The summed E-state index contributed by atoms with van der Waals surface area (Å²) in [6.07, 6.45) is 4.35. The average molecular weight is 255 g/mol. The van der Waals surface area contributed by atoms with Crippen molar-refractivity contribution in [2.24, 2.45) is 5.92 Å². The van der Waals surface area contributed by atoms with Crippen molar-refractivity contribution < 1.29 is 4.74 Å². The predicted octanol–water partition coefficient (Wildman–Crippen LogP) is 0.639. The number of rotatable bonds is 5. The lowest BCUT2D eigenvalue weighted by atomic mass is 9.98. The van der Waals surface area contributed by atoms with E-state index in [-0.39, 0.29) is 0 Å². The number of nitrogens with one attached hydrogen (secondary N) is 1. The Morgan fingerprint density at radius 2 is 2.33 bits per heavy atom. The van der Waals surface area contributed by atoms with Crippen LogP contribution in [0, 0.1) is 5.92 Å². The second kappa shape index (κ2) is 7.43. The quantitative estimate of drug-likeness (QED) is 0.780. The number of hydrogen-bond acceptors (Lipinski definition) is 4. The summed E-state index contributed by atoms with van der Waals surface area (Å²) in [6.45, 7) is 7.87. The Balaban J connectivity index is 1.60. The highest BCUT2D eigenvalue weighted by Crippen LogP contribution is 2.16. The smallest absolute Gasteiger partial charge is 0.0712 e. The third kappa shape index (κ3) is 4.84. The lowest BCUT2D eigenvalue weighted by Crippen LogP contribution is -2.41. The van der Waals surface area contributed by atoms with E-state index in [1.54, 1.807) is 0 Å². The number of morpholine rings is 1. The van der Waals surface area contributed by atoms with Crippen LogP contribution >= 0.6 is 0 Å². The van der Waals surface area contributed by atoms with Crippen LogP contribution in [-0.4, -0.2) is 75.9 Å². The Bertz CT molecular complexity index is 231. The molecule has 2 fully saturated rings. The average Bonchev–Trinajstić information content (AvgIpc) is 2.38. The van der Waals surface area contributed by atoms with Crippen molar-refractivity contribution in [1.29, 1.82) is 0 Å². The molecule has 0 aromatic carbocycles. The Morgan fingerprint density at radius 1 is 1.44 bits per heavy atom. The molecule has 2 atom stereocenters. The number of hydrogen-bond donors (Lipinski definition) is 1. The van der Waals surface area contributed by atoms with Crippen LogP contribution in [0.3, 0.4) is 0 Å². The van der Waals surface area contributed by atoms with Crippen molar-refractivity contribution in [3.63, 3.8) is 0 Å². The summed E-state index contributed by atoms with van der Waals surface area (Å²) in [4.78, 5) is 4.96. The van der Waals surface area contributed by atoms with Crippen LogP contribution in [0.1, 0.15) is 19.3 Å². The highest BCUT2D eigenvalue weighted by atomic mass is 16.5. The molecule has 4 heteroatoms. The van der Waals surface area contributed by atoms with Gasteiger partial charge in [-0.25, -0.2) is 0 Å². The maximum absolute atomic E-state index is 5.74. The van der Waals surface area contributed by atoms with Crippen molar-refractivity contribution in [2.75, 3.05) is 60.0 Å². The van der Waals surface area contributed by atoms with Gasteiger partial charge in [0.15, 0.2) is 0 Å². The zero-order valence-electron chi connectivity index (χ0n) is 12.0. The summed E-state index contributed by atoms with van der Waals surface area (Å²) >= 11 is 0. The first-order chi connectivity index (χ1) is 8.74. The minimum absolute atomic E-state index is 0.426. The third-order valence-corrected chi connectivity index (χ3v) is 4.13. The number of piperidine rings is 1. The van der Waals surface area contributed by atoms with Crippen molar-refractivity contribution in [1.82, 2.24) is 15.1 Å². The Morgan fingerprint density at radius 3 is 3.06 bits per heavy atom. The molecule has 2 rings (SSSR count). The van der Waals surface area contributed by atoms with Gasteiger partial charge < -0.3 is 19.9 Å². The molecule has 2 aliphatic heterocycles. The van der Waals surface area contributed by atoms with Gasteiger partial charge in [-0.05, 0) is 45.8 Å². The lowest BCUT2D eigenvalue weighted by Gasteiger charge is -2.33. The highest BCUT2D eigenvalue weighted by molar-refractivity contribution is 4.74. The SMILES string of the molecule is CN1CCCC(CN(C)CCC2CNCCO2)C1. The largest absolute Gasteiger partial charge is 0.376 e. The van der Waals surface area contributed by atoms with Crippen molar-refractivity contribution >= 4 is 0 Å². The van der Waals surface area contributed by atoms with E-state index in [0.717, 1.165) is 38.6 Å². The van der Waals surface area contributed by atoms with E-state index in [2.05, 4.69) is 29.2 Å². The van der Waals surface area contributed by atoms with Crippen molar-refractivity contribution in [3.8, 4) is 0 Å². The molecule has 4 nitrogen and oxygen atoms in total. The fraction of sp³-hybridized carbons (Fsp3) is 1.00. The third-order valence-electron chi connectivity index (χ3n) is 4.13. The van der Waals surface area contributed by atoms with Gasteiger partial charge in [-0.3, -0.25) is 0 Å². The van der Waals surface area contributed by atoms with Crippen LogP contribution in [-0.2, 0) is 4.74 Å². The van der Waals surface area contributed by atoms with Gasteiger partial charge in [0, 0.05) is 32.7 Å². The molecule has 18 heavy (non-hydrogen) atoms. The maximum Gasteiger partial charge on any atom is 0.0712 e. The topological polar surface area (TPSA) is 27.7 Å². The van der Waals surface area contributed by atoms with Gasteiger partial charge in [0.1, 0.15) is 0 Å². The molecule has 0 radical (unpaired) electrons. The summed E-state index contributed by atoms with van der Waals surface area (Å²) in [5.74, 6) is 0.860. The lowest BCUT2D eigenvalue weighted by molar-refractivity contribution is 0.0174. The first-order valence-corrected chi connectivity index (χ1v) is 7.43. The van der Waals surface area contributed by atoms with E-state index in [1.165, 1.54) is 32.5 Å². The van der Waals surface area contributed by atoms with E-state index in [4.69, 9.17) is 4.74 Å². The molecule has 0 amide bonds. The molecule has 0 aliphatic carbocycles. The normalized spacial score (nSPS) is 30.8. The second-order valence-electron chi connectivity index (χ2n) is 6.02. The number of nitrogens with zero attached hydrogens (tertiary/aromatic N) is 2. The summed E-state index contributed by atoms with van der Waals surface area (Å²) in [5.41, 5.74) is 0. The van der Waals surface area contributed by atoms with Crippen LogP contribution in [0.5, 0.6) is 0 Å².